The van der Waals surface area contributed by atoms with Gasteiger partial charge in [0.25, 0.3) is 0 Å². The van der Waals surface area contributed by atoms with Gasteiger partial charge in [-0.2, -0.15) is 0 Å². The monoisotopic (exact) mass is 267 g/mol. The number of esters is 1. The van der Waals surface area contributed by atoms with Crippen LogP contribution in [0.25, 0.3) is 0 Å². The molecule has 1 rings (SSSR count). The summed E-state index contributed by atoms with van der Waals surface area (Å²) in [5.74, 6) is -0.502. The van der Waals surface area contributed by atoms with Crippen LogP contribution in [0.4, 0.5) is 10.1 Å². The zero-order chi connectivity index (χ0) is 14.4. The summed E-state index contributed by atoms with van der Waals surface area (Å²) in [6.07, 6.45) is 1.89. The quantitative estimate of drug-likeness (QED) is 0.801. The molecule has 106 valence electrons. The van der Waals surface area contributed by atoms with E-state index >= 15 is 0 Å². The lowest BCUT2D eigenvalue weighted by molar-refractivity contribution is -0.142. The summed E-state index contributed by atoms with van der Waals surface area (Å²) in [6, 6.07) is 4.21. The SMILES string of the molecule is CCCC(C)C(Nc1cc(C)cc(F)c1)C(=O)OC. The Bertz CT molecular complexity index is 414. The van der Waals surface area contributed by atoms with Crippen LogP contribution in [-0.2, 0) is 9.53 Å². The molecule has 2 unspecified atom stereocenters. The van der Waals surface area contributed by atoms with Crippen LogP contribution in [0.2, 0.25) is 0 Å². The van der Waals surface area contributed by atoms with E-state index in [1.807, 2.05) is 19.9 Å². The van der Waals surface area contributed by atoms with Gasteiger partial charge in [0.15, 0.2) is 0 Å². The first-order chi connectivity index (χ1) is 8.97. The molecule has 1 aromatic carbocycles. The highest BCUT2D eigenvalue weighted by molar-refractivity contribution is 5.79. The molecule has 0 aromatic heterocycles. The number of carbonyl (C=O) groups excluding carboxylic acids is 1. The Morgan fingerprint density at radius 2 is 2.11 bits per heavy atom. The van der Waals surface area contributed by atoms with Gasteiger partial charge in [-0.3, -0.25) is 0 Å². The number of aryl methyl sites for hydroxylation is 1. The maximum absolute atomic E-state index is 13.4. The first kappa shape index (κ1) is 15.5. The summed E-state index contributed by atoms with van der Waals surface area (Å²) in [6.45, 7) is 5.87. The van der Waals surface area contributed by atoms with Gasteiger partial charge in [-0.05, 0) is 43.0 Å². The van der Waals surface area contributed by atoms with Gasteiger partial charge in [0.05, 0.1) is 7.11 Å². The minimum atomic E-state index is -0.453. The van der Waals surface area contributed by atoms with Crippen LogP contribution in [0.3, 0.4) is 0 Å². The van der Waals surface area contributed by atoms with E-state index < -0.39 is 6.04 Å². The molecule has 0 amide bonds. The number of ether oxygens (including phenoxy) is 1. The Balaban J connectivity index is 2.90. The Morgan fingerprint density at radius 1 is 1.42 bits per heavy atom. The molecule has 0 saturated carbocycles. The van der Waals surface area contributed by atoms with Crippen LogP contribution >= 0.6 is 0 Å². The van der Waals surface area contributed by atoms with Gasteiger partial charge in [0.1, 0.15) is 11.9 Å². The Hall–Kier alpha value is -1.58. The Kier molecular flexibility index (Phi) is 5.80. The molecule has 0 saturated heterocycles. The van der Waals surface area contributed by atoms with E-state index in [-0.39, 0.29) is 17.7 Å². The average Bonchev–Trinajstić information content (AvgIpc) is 2.34. The smallest absolute Gasteiger partial charge is 0.328 e. The first-order valence-electron chi connectivity index (χ1n) is 6.59. The number of nitrogens with one attached hydrogen (secondary N) is 1. The van der Waals surface area contributed by atoms with Crippen molar-refractivity contribution in [2.45, 2.75) is 39.7 Å². The molecule has 1 aromatic rings. The number of methoxy groups -OCH3 is 1. The molecular formula is C15H22FNO2. The lowest BCUT2D eigenvalue weighted by Crippen LogP contribution is -2.36. The van der Waals surface area contributed by atoms with Crippen molar-refractivity contribution < 1.29 is 13.9 Å². The number of halogens is 1. The third-order valence-corrected chi connectivity index (χ3v) is 3.13. The summed E-state index contributed by atoms with van der Waals surface area (Å²) >= 11 is 0. The number of carbonyl (C=O) groups is 1. The highest BCUT2D eigenvalue weighted by atomic mass is 19.1. The van der Waals surface area contributed by atoms with Crippen molar-refractivity contribution in [1.29, 1.82) is 0 Å². The molecule has 0 radical (unpaired) electrons. The van der Waals surface area contributed by atoms with Crippen molar-refractivity contribution >= 4 is 11.7 Å². The second-order valence-electron chi connectivity index (χ2n) is 4.93. The maximum atomic E-state index is 13.4. The van der Waals surface area contributed by atoms with Crippen molar-refractivity contribution in [3.8, 4) is 0 Å². The third kappa shape index (κ3) is 4.54. The van der Waals surface area contributed by atoms with E-state index in [1.54, 1.807) is 0 Å². The summed E-state index contributed by atoms with van der Waals surface area (Å²) in [7, 11) is 1.37. The predicted octanol–water partition coefficient (Wildman–Crippen LogP) is 3.52. The van der Waals surface area contributed by atoms with Gasteiger partial charge >= 0.3 is 5.97 Å². The van der Waals surface area contributed by atoms with Crippen molar-refractivity contribution in [2.75, 3.05) is 12.4 Å². The van der Waals surface area contributed by atoms with Gasteiger partial charge in [-0.15, -0.1) is 0 Å². The van der Waals surface area contributed by atoms with E-state index in [0.717, 1.165) is 18.4 Å². The van der Waals surface area contributed by atoms with Crippen molar-refractivity contribution in [3.05, 3.63) is 29.6 Å². The van der Waals surface area contributed by atoms with E-state index in [4.69, 9.17) is 4.74 Å². The molecule has 0 heterocycles. The van der Waals surface area contributed by atoms with E-state index in [0.29, 0.717) is 5.69 Å². The number of rotatable bonds is 6. The molecule has 19 heavy (non-hydrogen) atoms. The fourth-order valence-corrected chi connectivity index (χ4v) is 2.18. The van der Waals surface area contributed by atoms with Crippen molar-refractivity contribution in [3.63, 3.8) is 0 Å². The standard InChI is InChI=1S/C15H22FNO2/c1-5-6-11(3)14(15(18)19-4)17-13-8-10(2)7-12(16)9-13/h7-9,11,14,17H,5-6H2,1-4H3. The third-order valence-electron chi connectivity index (χ3n) is 3.13. The fraction of sp³-hybridized carbons (Fsp3) is 0.533. The Morgan fingerprint density at radius 3 is 2.63 bits per heavy atom. The summed E-state index contributed by atoms with van der Waals surface area (Å²) in [5, 5.41) is 3.08. The highest BCUT2D eigenvalue weighted by Crippen LogP contribution is 2.20. The first-order valence-corrected chi connectivity index (χ1v) is 6.59. The molecule has 0 aliphatic heterocycles. The normalized spacial score (nSPS) is 13.7. The summed E-state index contributed by atoms with van der Waals surface area (Å²) in [4.78, 5) is 11.8. The molecule has 0 aliphatic rings. The van der Waals surface area contributed by atoms with E-state index in [9.17, 15) is 9.18 Å². The molecule has 2 atom stereocenters. The molecule has 0 fully saturated rings. The second kappa shape index (κ2) is 7.12. The molecule has 0 aliphatic carbocycles. The van der Waals surface area contributed by atoms with Gasteiger partial charge in [0.2, 0.25) is 0 Å². The molecule has 0 bridgehead atoms. The van der Waals surface area contributed by atoms with Crippen LogP contribution in [0.1, 0.15) is 32.3 Å². The zero-order valence-electron chi connectivity index (χ0n) is 12.0. The molecule has 3 nitrogen and oxygen atoms in total. The van der Waals surface area contributed by atoms with Gasteiger partial charge in [-0.1, -0.05) is 20.3 Å². The summed E-state index contributed by atoms with van der Waals surface area (Å²) < 4.78 is 18.2. The van der Waals surface area contributed by atoms with Crippen molar-refractivity contribution in [2.24, 2.45) is 5.92 Å². The molecule has 1 N–H and O–H groups in total. The van der Waals surface area contributed by atoms with Gasteiger partial charge in [0, 0.05) is 5.69 Å². The summed E-state index contributed by atoms with van der Waals surface area (Å²) in [5.41, 5.74) is 1.42. The fourth-order valence-electron chi connectivity index (χ4n) is 2.18. The topological polar surface area (TPSA) is 38.3 Å². The van der Waals surface area contributed by atoms with E-state index in [1.165, 1.54) is 19.2 Å². The maximum Gasteiger partial charge on any atom is 0.328 e. The highest BCUT2D eigenvalue weighted by Gasteiger charge is 2.25. The number of anilines is 1. The van der Waals surface area contributed by atoms with Crippen LogP contribution < -0.4 is 5.32 Å². The minimum absolute atomic E-state index is 0.126. The minimum Gasteiger partial charge on any atom is -0.467 e. The second-order valence-corrected chi connectivity index (χ2v) is 4.93. The lowest BCUT2D eigenvalue weighted by Gasteiger charge is -2.23. The van der Waals surface area contributed by atoms with Crippen LogP contribution in [0.15, 0.2) is 18.2 Å². The Labute approximate surface area is 114 Å². The lowest BCUT2D eigenvalue weighted by atomic mass is 9.96. The van der Waals surface area contributed by atoms with E-state index in [2.05, 4.69) is 12.2 Å². The largest absolute Gasteiger partial charge is 0.467 e. The number of hydrogen-bond donors (Lipinski definition) is 1. The molecular weight excluding hydrogens is 245 g/mol. The zero-order valence-corrected chi connectivity index (χ0v) is 12.0. The van der Waals surface area contributed by atoms with Crippen LogP contribution in [0, 0.1) is 18.7 Å². The number of hydrogen-bond acceptors (Lipinski definition) is 3. The average molecular weight is 267 g/mol. The van der Waals surface area contributed by atoms with Crippen molar-refractivity contribution in [1.82, 2.24) is 0 Å². The predicted molar refractivity (Wildman–Crippen MR) is 74.6 cm³/mol. The van der Waals surface area contributed by atoms with Gasteiger partial charge in [-0.25, -0.2) is 9.18 Å². The molecule has 4 heteroatoms. The van der Waals surface area contributed by atoms with Crippen LogP contribution in [-0.4, -0.2) is 19.1 Å². The molecule has 0 spiro atoms. The van der Waals surface area contributed by atoms with Gasteiger partial charge < -0.3 is 10.1 Å². The number of benzene rings is 1. The van der Waals surface area contributed by atoms with Crippen LogP contribution in [0.5, 0.6) is 0 Å².